The van der Waals surface area contributed by atoms with E-state index in [1.54, 1.807) is 0 Å². The zero-order chi connectivity index (χ0) is 12.3. The molecule has 17 heavy (non-hydrogen) atoms. The summed E-state index contributed by atoms with van der Waals surface area (Å²) in [6, 6.07) is 0. The van der Waals surface area contributed by atoms with Gasteiger partial charge in [0, 0.05) is 6.42 Å². The molecule has 1 N–H and O–H groups in total. The standard InChI is InChI=1S/C13H22O2S2/c1-2-5-10(14)12-11(15)6-3-7-13(12)16-8-4-9-17-13/h11-12,15H,2-9H2,1H3/t11-,12-/m1/s1. The zero-order valence-corrected chi connectivity index (χ0v) is 12.1. The highest BCUT2D eigenvalue weighted by Crippen LogP contribution is 2.55. The fraction of sp³-hybridized carbons (Fsp3) is 0.923. The summed E-state index contributed by atoms with van der Waals surface area (Å²) >= 11 is 3.87. The van der Waals surface area contributed by atoms with E-state index in [4.69, 9.17) is 0 Å². The molecular formula is C13H22O2S2. The summed E-state index contributed by atoms with van der Waals surface area (Å²) in [5.74, 6) is 2.47. The molecule has 1 saturated carbocycles. The third-order valence-corrected chi connectivity index (χ3v) is 7.29. The second-order valence-electron chi connectivity index (χ2n) is 5.02. The third-order valence-electron chi connectivity index (χ3n) is 3.71. The molecule has 1 heterocycles. The Morgan fingerprint density at radius 3 is 2.71 bits per heavy atom. The second kappa shape index (κ2) is 5.98. The molecular weight excluding hydrogens is 252 g/mol. The number of hydrogen-bond acceptors (Lipinski definition) is 4. The van der Waals surface area contributed by atoms with Gasteiger partial charge in [0.15, 0.2) is 0 Å². The highest BCUT2D eigenvalue weighted by molar-refractivity contribution is 8.18. The van der Waals surface area contributed by atoms with Crippen molar-refractivity contribution in [3.8, 4) is 0 Å². The normalized spacial score (nSPS) is 32.6. The first-order valence-corrected chi connectivity index (χ1v) is 8.65. The molecule has 1 saturated heterocycles. The van der Waals surface area contributed by atoms with Gasteiger partial charge in [0.25, 0.3) is 0 Å². The van der Waals surface area contributed by atoms with Crippen LogP contribution in [0.15, 0.2) is 0 Å². The maximum atomic E-state index is 12.3. The fourth-order valence-corrected chi connectivity index (χ4v) is 6.75. The molecule has 98 valence electrons. The van der Waals surface area contributed by atoms with Crippen LogP contribution in [0.1, 0.15) is 45.4 Å². The van der Waals surface area contributed by atoms with Crippen LogP contribution in [0.4, 0.5) is 0 Å². The lowest BCUT2D eigenvalue weighted by Crippen LogP contribution is -2.48. The molecule has 0 bridgehead atoms. The zero-order valence-electron chi connectivity index (χ0n) is 10.5. The fourth-order valence-electron chi connectivity index (χ4n) is 2.95. The topological polar surface area (TPSA) is 37.3 Å². The molecule has 2 fully saturated rings. The van der Waals surface area contributed by atoms with Gasteiger partial charge in [-0.25, -0.2) is 0 Å². The van der Waals surface area contributed by atoms with Crippen LogP contribution in [-0.2, 0) is 4.79 Å². The van der Waals surface area contributed by atoms with Gasteiger partial charge in [-0.2, -0.15) is 0 Å². The Bertz CT molecular complexity index is 269. The monoisotopic (exact) mass is 274 g/mol. The van der Waals surface area contributed by atoms with Crippen molar-refractivity contribution >= 4 is 29.3 Å². The molecule has 2 rings (SSSR count). The molecule has 0 unspecified atom stereocenters. The van der Waals surface area contributed by atoms with Crippen molar-refractivity contribution < 1.29 is 9.90 Å². The van der Waals surface area contributed by atoms with Crippen molar-refractivity contribution in [2.75, 3.05) is 11.5 Å². The van der Waals surface area contributed by atoms with Crippen molar-refractivity contribution in [2.24, 2.45) is 5.92 Å². The van der Waals surface area contributed by atoms with E-state index in [2.05, 4.69) is 0 Å². The Hall–Kier alpha value is 0.330. The number of hydrogen-bond donors (Lipinski definition) is 1. The van der Waals surface area contributed by atoms with Crippen molar-refractivity contribution in [3.05, 3.63) is 0 Å². The lowest BCUT2D eigenvalue weighted by atomic mass is 9.81. The van der Waals surface area contributed by atoms with E-state index in [-0.39, 0.29) is 10.00 Å². The van der Waals surface area contributed by atoms with Gasteiger partial charge < -0.3 is 5.11 Å². The van der Waals surface area contributed by atoms with Crippen molar-refractivity contribution in [1.29, 1.82) is 0 Å². The van der Waals surface area contributed by atoms with Gasteiger partial charge in [-0.05, 0) is 43.6 Å². The molecule has 0 aromatic heterocycles. The number of aliphatic hydroxyl groups is 1. The summed E-state index contributed by atoms with van der Waals surface area (Å²) in [5, 5.41) is 10.2. The molecule has 1 aliphatic heterocycles. The average Bonchev–Trinajstić information content (AvgIpc) is 2.30. The highest BCUT2D eigenvalue weighted by Gasteiger charge is 2.50. The van der Waals surface area contributed by atoms with Crippen molar-refractivity contribution in [1.82, 2.24) is 0 Å². The van der Waals surface area contributed by atoms with E-state index in [9.17, 15) is 9.90 Å². The molecule has 2 aliphatic rings. The molecule has 2 atom stereocenters. The summed E-state index contributed by atoms with van der Waals surface area (Å²) in [7, 11) is 0. The summed E-state index contributed by atoms with van der Waals surface area (Å²) in [5.41, 5.74) is 0. The summed E-state index contributed by atoms with van der Waals surface area (Å²) in [6.45, 7) is 2.04. The quantitative estimate of drug-likeness (QED) is 0.858. The van der Waals surface area contributed by atoms with Crippen LogP contribution in [-0.4, -0.2) is 32.6 Å². The minimum Gasteiger partial charge on any atom is -0.392 e. The first-order valence-electron chi connectivity index (χ1n) is 6.68. The highest BCUT2D eigenvalue weighted by atomic mass is 32.2. The summed E-state index contributed by atoms with van der Waals surface area (Å²) in [6.07, 6.45) is 5.33. The SMILES string of the molecule is CCCC(=O)[C@@H]1[C@H](O)CCCC12SCCCS2. The number of carbonyl (C=O) groups excluding carboxylic acids is 1. The van der Waals surface area contributed by atoms with Gasteiger partial charge in [0.1, 0.15) is 5.78 Å². The number of carbonyl (C=O) groups is 1. The van der Waals surface area contributed by atoms with Crippen LogP contribution in [0, 0.1) is 5.92 Å². The van der Waals surface area contributed by atoms with Crippen LogP contribution in [0.3, 0.4) is 0 Å². The number of rotatable bonds is 3. The van der Waals surface area contributed by atoms with Gasteiger partial charge >= 0.3 is 0 Å². The predicted molar refractivity (Wildman–Crippen MR) is 75.5 cm³/mol. The Kier molecular flexibility index (Phi) is 4.84. The smallest absolute Gasteiger partial charge is 0.140 e. The van der Waals surface area contributed by atoms with Crippen molar-refractivity contribution in [2.45, 2.75) is 55.6 Å². The van der Waals surface area contributed by atoms with Gasteiger partial charge in [-0.3, -0.25) is 4.79 Å². The largest absolute Gasteiger partial charge is 0.392 e. The van der Waals surface area contributed by atoms with E-state index in [0.717, 1.165) is 37.2 Å². The first-order chi connectivity index (χ1) is 8.19. The Morgan fingerprint density at radius 1 is 1.35 bits per heavy atom. The van der Waals surface area contributed by atoms with Crippen LogP contribution < -0.4 is 0 Å². The van der Waals surface area contributed by atoms with E-state index in [1.807, 2.05) is 30.4 Å². The second-order valence-corrected chi connectivity index (χ2v) is 8.13. The van der Waals surface area contributed by atoms with Gasteiger partial charge in [0.05, 0.1) is 16.1 Å². The van der Waals surface area contributed by atoms with E-state index < -0.39 is 6.10 Å². The van der Waals surface area contributed by atoms with E-state index >= 15 is 0 Å². The predicted octanol–water partition coefficient (Wildman–Crippen LogP) is 3.08. The van der Waals surface area contributed by atoms with Gasteiger partial charge in [0.2, 0.25) is 0 Å². The molecule has 0 radical (unpaired) electrons. The van der Waals surface area contributed by atoms with E-state index in [0.29, 0.717) is 12.2 Å². The van der Waals surface area contributed by atoms with Gasteiger partial charge in [-0.1, -0.05) is 6.92 Å². The lowest BCUT2D eigenvalue weighted by molar-refractivity contribution is -0.128. The minimum absolute atomic E-state index is 0.00215. The number of Topliss-reactive ketones (excluding diaryl/α,β-unsaturated/α-hetero) is 1. The Labute approximate surface area is 112 Å². The Balaban J connectivity index is 2.17. The lowest BCUT2D eigenvalue weighted by Gasteiger charge is -2.46. The molecule has 0 amide bonds. The van der Waals surface area contributed by atoms with Crippen LogP contribution in [0.25, 0.3) is 0 Å². The maximum absolute atomic E-state index is 12.3. The molecule has 4 heteroatoms. The van der Waals surface area contributed by atoms with Crippen LogP contribution in [0.2, 0.25) is 0 Å². The third kappa shape index (κ3) is 2.85. The number of aliphatic hydroxyl groups excluding tert-OH is 1. The minimum atomic E-state index is -0.402. The first kappa shape index (κ1) is 13.8. The molecule has 0 aromatic rings. The summed E-state index contributed by atoms with van der Waals surface area (Å²) < 4.78 is 0.00215. The molecule has 1 aliphatic carbocycles. The van der Waals surface area contributed by atoms with Crippen molar-refractivity contribution in [3.63, 3.8) is 0 Å². The average molecular weight is 274 g/mol. The molecule has 0 aromatic carbocycles. The van der Waals surface area contributed by atoms with Crippen LogP contribution >= 0.6 is 23.5 Å². The number of ketones is 1. The Morgan fingerprint density at radius 2 is 2.06 bits per heavy atom. The van der Waals surface area contributed by atoms with E-state index in [1.165, 1.54) is 6.42 Å². The molecule has 1 spiro atoms. The molecule has 2 nitrogen and oxygen atoms in total. The van der Waals surface area contributed by atoms with Crippen LogP contribution in [0.5, 0.6) is 0 Å². The van der Waals surface area contributed by atoms with Gasteiger partial charge in [-0.15, -0.1) is 23.5 Å². The number of thioether (sulfide) groups is 2. The maximum Gasteiger partial charge on any atom is 0.140 e. The summed E-state index contributed by atoms with van der Waals surface area (Å²) in [4.78, 5) is 12.3.